The zero-order chi connectivity index (χ0) is 21.6. The Labute approximate surface area is 214 Å². The summed E-state index contributed by atoms with van der Waals surface area (Å²) < 4.78 is 1.30. The molecule has 0 aromatic carbocycles. The van der Waals surface area contributed by atoms with Gasteiger partial charge >= 0.3 is 16.5 Å². The van der Waals surface area contributed by atoms with E-state index in [0.29, 0.717) is 8.64 Å². The van der Waals surface area contributed by atoms with E-state index in [9.17, 15) is 0 Å². The molecule has 7 heteroatoms. The molecular formula is C22H44N2NiS4. The molecule has 0 aromatic heterocycles. The Morgan fingerprint density at radius 2 is 0.724 bits per heavy atom. The molecule has 0 aliphatic rings. The molecule has 2 nitrogen and oxygen atoms in total. The van der Waals surface area contributed by atoms with Gasteiger partial charge in [-0.25, -0.2) is 0 Å². The Morgan fingerprint density at radius 3 is 0.862 bits per heavy atom. The van der Waals surface area contributed by atoms with Crippen molar-refractivity contribution in [1.29, 1.82) is 0 Å². The van der Waals surface area contributed by atoms with E-state index in [4.69, 9.17) is 49.7 Å². The SMILES string of the molecule is CCCCCN(CCCCC)C(=S)[S-].CCCCCN(CCCCC)C(=S)[S-].[Ni+2]. The van der Waals surface area contributed by atoms with Crippen molar-refractivity contribution >= 4 is 58.3 Å². The van der Waals surface area contributed by atoms with Gasteiger partial charge in [0.25, 0.3) is 0 Å². The third kappa shape index (κ3) is 24.9. The molecule has 0 aliphatic carbocycles. The molecule has 0 spiro atoms. The van der Waals surface area contributed by atoms with Crippen LogP contribution in [0.3, 0.4) is 0 Å². The molecule has 176 valence electrons. The summed E-state index contributed by atoms with van der Waals surface area (Å²) in [4.78, 5) is 4.35. The van der Waals surface area contributed by atoms with Gasteiger partial charge in [0.15, 0.2) is 0 Å². The summed E-state index contributed by atoms with van der Waals surface area (Å²) in [5.41, 5.74) is 0. The van der Waals surface area contributed by atoms with Gasteiger partial charge in [-0.3, -0.25) is 0 Å². The first kappa shape index (κ1) is 34.3. The zero-order valence-corrected chi connectivity index (χ0v) is 23.4. The van der Waals surface area contributed by atoms with E-state index in [-0.39, 0.29) is 16.5 Å². The van der Waals surface area contributed by atoms with E-state index in [2.05, 4.69) is 37.5 Å². The average molecular weight is 524 g/mol. The Bertz CT molecular complexity index is 317. The average Bonchev–Trinajstić information content (AvgIpc) is 2.66. The van der Waals surface area contributed by atoms with Crippen molar-refractivity contribution in [3.8, 4) is 0 Å². The fraction of sp³-hybridized carbons (Fsp3) is 0.909. The van der Waals surface area contributed by atoms with Crippen LogP contribution in [0.4, 0.5) is 0 Å². The summed E-state index contributed by atoms with van der Waals surface area (Å²) in [5.74, 6) is 0. The van der Waals surface area contributed by atoms with Crippen molar-refractivity contribution in [3.05, 3.63) is 0 Å². The van der Waals surface area contributed by atoms with Crippen molar-refractivity contribution in [3.63, 3.8) is 0 Å². The summed E-state index contributed by atoms with van der Waals surface area (Å²) in [7, 11) is 0. The van der Waals surface area contributed by atoms with Gasteiger partial charge in [-0.1, -0.05) is 87.7 Å². The van der Waals surface area contributed by atoms with Crippen LogP contribution in [0.25, 0.3) is 0 Å². The fourth-order valence-electron chi connectivity index (χ4n) is 2.80. The fourth-order valence-corrected chi connectivity index (χ4v) is 3.53. The maximum Gasteiger partial charge on any atom is 2.00 e. The van der Waals surface area contributed by atoms with Crippen LogP contribution in [-0.4, -0.2) is 44.6 Å². The first-order valence-corrected chi connectivity index (χ1v) is 13.0. The molecule has 0 aliphatic heterocycles. The van der Waals surface area contributed by atoms with Gasteiger partial charge in [0.2, 0.25) is 0 Å². The summed E-state index contributed by atoms with van der Waals surface area (Å²) in [6, 6.07) is 0. The summed E-state index contributed by atoms with van der Waals surface area (Å²) in [5, 5.41) is 0. The molecule has 0 atom stereocenters. The molecule has 29 heavy (non-hydrogen) atoms. The first-order valence-electron chi connectivity index (χ1n) is 11.4. The van der Waals surface area contributed by atoms with E-state index in [1.807, 2.05) is 0 Å². The third-order valence-corrected chi connectivity index (χ3v) is 5.68. The Morgan fingerprint density at radius 1 is 0.517 bits per heavy atom. The van der Waals surface area contributed by atoms with Gasteiger partial charge in [0.05, 0.1) is 0 Å². The quantitative estimate of drug-likeness (QED) is 0.0924. The molecule has 0 aromatic rings. The van der Waals surface area contributed by atoms with Gasteiger partial charge in [-0.15, -0.1) is 0 Å². The van der Waals surface area contributed by atoms with Gasteiger partial charge < -0.3 is 59.5 Å². The summed E-state index contributed by atoms with van der Waals surface area (Å²) in [6.45, 7) is 13.1. The topological polar surface area (TPSA) is 6.48 Å². The van der Waals surface area contributed by atoms with E-state index in [1.165, 1.54) is 77.0 Å². The molecule has 0 heterocycles. The van der Waals surface area contributed by atoms with E-state index >= 15 is 0 Å². The van der Waals surface area contributed by atoms with Crippen molar-refractivity contribution < 1.29 is 16.5 Å². The molecule has 0 radical (unpaired) electrons. The van der Waals surface area contributed by atoms with Crippen LogP contribution >= 0.6 is 24.4 Å². The van der Waals surface area contributed by atoms with Crippen molar-refractivity contribution in [2.24, 2.45) is 0 Å². The minimum atomic E-state index is 0. The molecule has 0 unspecified atom stereocenters. The maximum absolute atomic E-state index is 5.06. The van der Waals surface area contributed by atoms with E-state index in [1.54, 1.807) is 0 Å². The minimum absolute atomic E-state index is 0. The van der Waals surface area contributed by atoms with Crippen molar-refractivity contribution in [2.45, 2.75) is 105 Å². The van der Waals surface area contributed by atoms with Crippen LogP contribution < -0.4 is 0 Å². The Kier molecular flexibility index (Phi) is 31.7. The number of nitrogens with zero attached hydrogens (tertiary/aromatic N) is 2. The standard InChI is InChI=1S/2C11H23NS2.Ni/c2*1-3-5-7-9-12(11(13)14)10-8-6-4-2;/h2*3-10H2,1-2H3,(H,13,14);/q;;+2/p-2. The first-order chi connectivity index (χ1) is 13.4. The molecule has 0 fully saturated rings. The predicted molar refractivity (Wildman–Crippen MR) is 141 cm³/mol. The van der Waals surface area contributed by atoms with Gasteiger partial charge in [-0.05, 0) is 25.7 Å². The third-order valence-electron chi connectivity index (χ3n) is 4.64. The zero-order valence-electron chi connectivity index (χ0n) is 19.2. The summed E-state index contributed by atoms with van der Waals surface area (Å²) >= 11 is 20.2. The van der Waals surface area contributed by atoms with Crippen molar-refractivity contribution in [2.75, 3.05) is 26.2 Å². The molecule has 0 rings (SSSR count). The van der Waals surface area contributed by atoms with Crippen molar-refractivity contribution in [1.82, 2.24) is 9.80 Å². The van der Waals surface area contributed by atoms with Gasteiger partial charge in [0, 0.05) is 26.2 Å². The maximum atomic E-state index is 5.06. The second-order valence-corrected chi connectivity index (χ2v) is 9.40. The van der Waals surface area contributed by atoms with E-state index < -0.39 is 0 Å². The number of thiocarbonyl (C=S) groups is 2. The Balaban J connectivity index is -0.000000451. The largest absolute Gasteiger partial charge is 2.00 e. The second kappa shape index (κ2) is 26.7. The van der Waals surface area contributed by atoms with Crippen LogP contribution in [0.1, 0.15) is 105 Å². The predicted octanol–water partition coefficient (Wildman–Crippen LogP) is 7.00. The van der Waals surface area contributed by atoms with Crippen LogP contribution in [0.15, 0.2) is 0 Å². The normalized spacial score (nSPS) is 9.79. The minimum Gasteiger partial charge on any atom is -0.411 e. The molecule has 0 bridgehead atoms. The summed E-state index contributed by atoms with van der Waals surface area (Å²) in [6.07, 6.45) is 15.0. The molecule has 0 saturated carbocycles. The molecular weight excluding hydrogens is 479 g/mol. The molecule has 0 amide bonds. The van der Waals surface area contributed by atoms with Crippen LogP contribution in [0.5, 0.6) is 0 Å². The van der Waals surface area contributed by atoms with Crippen LogP contribution in [-0.2, 0) is 41.7 Å². The smallest absolute Gasteiger partial charge is 0.411 e. The second-order valence-electron chi connectivity index (χ2n) is 7.33. The number of hydrogen-bond donors (Lipinski definition) is 0. The van der Waals surface area contributed by atoms with E-state index in [0.717, 1.165) is 26.2 Å². The molecule has 0 N–H and O–H groups in total. The number of rotatable bonds is 16. The van der Waals surface area contributed by atoms with Crippen LogP contribution in [0, 0.1) is 0 Å². The van der Waals surface area contributed by atoms with Crippen LogP contribution in [0.2, 0.25) is 0 Å². The number of unbranched alkanes of at least 4 members (excludes halogenated alkanes) is 8. The number of hydrogen-bond acceptors (Lipinski definition) is 4. The van der Waals surface area contributed by atoms with Gasteiger partial charge in [-0.2, -0.15) is 0 Å². The Hall–Kier alpha value is 0.714. The molecule has 0 saturated heterocycles. The monoisotopic (exact) mass is 522 g/mol. The van der Waals surface area contributed by atoms with Gasteiger partial charge in [0.1, 0.15) is 0 Å².